The predicted octanol–water partition coefficient (Wildman–Crippen LogP) is -1.56. The maximum Gasteiger partial charge on any atom is 0.347 e. The molecule has 0 aliphatic carbocycles. The second-order valence-corrected chi connectivity index (χ2v) is 2.70. The van der Waals surface area contributed by atoms with Crippen LogP contribution in [0.15, 0.2) is 23.3 Å². The van der Waals surface area contributed by atoms with Gasteiger partial charge in [-0.25, -0.2) is 9.78 Å². The molecule has 7 heteroatoms. The maximum atomic E-state index is 11.1. The average Bonchev–Trinajstić information content (AvgIpc) is 2.18. The number of carboxylic acids is 1. The number of aromatic nitrogens is 2. The van der Waals surface area contributed by atoms with Crippen molar-refractivity contribution < 1.29 is 14.7 Å². The third kappa shape index (κ3) is 3.59. The molecular formula is C8H9N3O4. The Bertz CT molecular complexity index is 426. The van der Waals surface area contributed by atoms with Crippen LogP contribution in [-0.4, -0.2) is 33.1 Å². The zero-order valence-electron chi connectivity index (χ0n) is 7.71. The third-order valence-electron chi connectivity index (χ3n) is 1.53. The van der Waals surface area contributed by atoms with Gasteiger partial charge in [-0.05, 0) is 6.07 Å². The molecule has 1 rings (SSSR count). The summed E-state index contributed by atoms with van der Waals surface area (Å²) in [5.41, 5.74) is -0.553. The highest BCUT2D eigenvalue weighted by Gasteiger charge is 2.05. The van der Waals surface area contributed by atoms with E-state index < -0.39 is 24.1 Å². The van der Waals surface area contributed by atoms with Gasteiger partial charge in [0.1, 0.15) is 13.1 Å². The van der Waals surface area contributed by atoms with Crippen LogP contribution in [-0.2, 0) is 16.1 Å². The molecule has 0 atom stereocenters. The molecule has 15 heavy (non-hydrogen) atoms. The Morgan fingerprint density at radius 3 is 2.87 bits per heavy atom. The van der Waals surface area contributed by atoms with Gasteiger partial charge in [0.25, 0.3) is 0 Å². The Balaban J connectivity index is 2.56. The van der Waals surface area contributed by atoms with Crippen molar-refractivity contribution in [1.29, 1.82) is 0 Å². The van der Waals surface area contributed by atoms with E-state index >= 15 is 0 Å². The smallest absolute Gasteiger partial charge is 0.347 e. The van der Waals surface area contributed by atoms with Gasteiger partial charge in [-0.3, -0.25) is 14.2 Å². The zero-order valence-corrected chi connectivity index (χ0v) is 7.71. The van der Waals surface area contributed by atoms with Crippen LogP contribution >= 0.6 is 0 Å². The quantitative estimate of drug-likeness (QED) is 0.627. The fourth-order valence-electron chi connectivity index (χ4n) is 0.892. The lowest BCUT2D eigenvalue weighted by atomic mass is 10.5. The lowest BCUT2D eigenvalue weighted by molar-refractivity contribution is -0.138. The molecule has 0 aromatic carbocycles. The zero-order chi connectivity index (χ0) is 11.3. The van der Waals surface area contributed by atoms with Crippen molar-refractivity contribution in [3.8, 4) is 0 Å². The van der Waals surface area contributed by atoms with E-state index in [0.29, 0.717) is 0 Å². The summed E-state index contributed by atoms with van der Waals surface area (Å²) >= 11 is 0. The summed E-state index contributed by atoms with van der Waals surface area (Å²) in [7, 11) is 0. The second-order valence-electron chi connectivity index (χ2n) is 2.70. The lowest BCUT2D eigenvalue weighted by Crippen LogP contribution is -2.35. The molecule has 80 valence electrons. The molecule has 1 aromatic heterocycles. The van der Waals surface area contributed by atoms with Gasteiger partial charge in [-0.1, -0.05) is 0 Å². The highest BCUT2D eigenvalue weighted by atomic mass is 16.4. The topological polar surface area (TPSA) is 101 Å². The lowest BCUT2D eigenvalue weighted by Gasteiger charge is -2.03. The predicted molar refractivity (Wildman–Crippen MR) is 49.1 cm³/mol. The van der Waals surface area contributed by atoms with E-state index in [0.717, 1.165) is 4.57 Å². The first kappa shape index (κ1) is 10.9. The van der Waals surface area contributed by atoms with E-state index in [1.54, 1.807) is 0 Å². The van der Waals surface area contributed by atoms with E-state index in [1.807, 2.05) is 0 Å². The number of amides is 1. The van der Waals surface area contributed by atoms with Crippen molar-refractivity contribution in [2.75, 3.05) is 6.54 Å². The average molecular weight is 211 g/mol. The Kier molecular flexibility index (Phi) is 3.55. The summed E-state index contributed by atoms with van der Waals surface area (Å²) in [4.78, 5) is 35.7. The summed E-state index contributed by atoms with van der Waals surface area (Å²) in [6.07, 6.45) is 2.71. The minimum atomic E-state index is -1.14. The van der Waals surface area contributed by atoms with Gasteiger partial charge in [-0.2, -0.15) is 0 Å². The molecular weight excluding hydrogens is 202 g/mol. The van der Waals surface area contributed by atoms with Gasteiger partial charge in [0.15, 0.2) is 0 Å². The molecule has 0 bridgehead atoms. The molecule has 0 aliphatic heterocycles. The van der Waals surface area contributed by atoms with E-state index in [4.69, 9.17) is 5.11 Å². The fourth-order valence-corrected chi connectivity index (χ4v) is 0.892. The Labute approximate surface area is 84.4 Å². The monoisotopic (exact) mass is 211 g/mol. The van der Waals surface area contributed by atoms with Gasteiger partial charge in [0, 0.05) is 12.4 Å². The van der Waals surface area contributed by atoms with Crippen LogP contribution in [0.3, 0.4) is 0 Å². The molecule has 7 nitrogen and oxygen atoms in total. The van der Waals surface area contributed by atoms with Crippen LogP contribution in [0.5, 0.6) is 0 Å². The molecule has 2 N–H and O–H groups in total. The Hall–Kier alpha value is -2.18. The van der Waals surface area contributed by atoms with Crippen molar-refractivity contribution in [3.63, 3.8) is 0 Å². The van der Waals surface area contributed by atoms with Crippen molar-refractivity contribution in [2.24, 2.45) is 0 Å². The Morgan fingerprint density at radius 2 is 2.27 bits per heavy atom. The van der Waals surface area contributed by atoms with Crippen molar-refractivity contribution in [1.82, 2.24) is 14.9 Å². The molecule has 1 aromatic rings. The largest absolute Gasteiger partial charge is 0.480 e. The van der Waals surface area contributed by atoms with Crippen LogP contribution in [0.25, 0.3) is 0 Å². The van der Waals surface area contributed by atoms with E-state index in [9.17, 15) is 14.4 Å². The van der Waals surface area contributed by atoms with Gasteiger partial charge in [0.05, 0.1) is 0 Å². The van der Waals surface area contributed by atoms with Gasteiger partial charge >= 0.3 is 11.7 Å². The van der Waals surface area contributed by atoms with E-state index in [2.05, 4.69) is 10.3 Å². The minimum absolute atomic E-state index is 0.236. The Morgan fingerprint density at radius 1 is 1.53 bits per heavy atom. The molecule has 0 radical (unpaired) electrons. The highest BCUT2D eigenvalue weighted by Crippen LogP contribution is 1.79. The third-order valence-corrected chi connectivity index (χ3v) is 1.53. The number of aliphatic carboxylic acids is 1. The second kappa shape index (κ2) is 4.89. The van der Waals surface area contributed by atoms with Crippen LogP contribution in [0.4, 0.5) is 0 Å². The number of carbonyl (C=O) groups is 2. The van der Waals surface area contributed by atoms with E-state index in [-0.39, 0.29) is 6.54 Å². The number of rotatable bonds is 4. The molecule has 1 amide bonds. The first-order valence-corrected chi connectivity index (χ1v) is 4.09. The molecule has 1 heterocycles. The molecule has 0 fully saturated rings. The first-order chi connectivity index (χ1) is 7.09. The van der Waals surface area contributed by atoms with Crippen LogP contribution in [0.2, 0.25) is 0 Å². The standard InChI is InChI=1S/C8H9N3O4/c12-6(10-4-7(13)14)5-11-3-1-2-9-8(11)15/h1-3H,4-5H2,(H,10,12)(H,13,14). The fraction of sp³-hybridized carbons (Fsp3) is 0.250. The van der Waals surface area contributed by atoms with Gasteiger partial charge in [-0.15, -0.1) is 0 Å². The van der Waals surface area contributed by atoms with Crippen molar-refractivity contribution >= 4 is 11.9 Å². The minimum Gasteiger partial charge on any atom is -0.480 e. The number of hydrogen-bond acceptors (Lipinski definition) is 4. The molecule has 0 saturated heterocycles. The first-order valence-electron chi connectivity index (χ1n) is 4.09. The molecule has 0 aliphatic rings. The number of nitrogens with one attached hydrogen (secondary N) is 1. The SMILES string of the molecule is O=C(O)CNC(=O)Cn1cccnc1=O. The van der Waals surface area contributed by atoms with E-state index in [1.165, 1.54) is 18.5 Å². The summed E-state index contributed by atoms with van der Waals surface area (Å²) in [6.45, 7) is -0.701. The molecule has 0 saturated carbocycles. The van der Waals surface area contributed by atoms with Gasteiger partial charge in [0.2, 0.25) is 5.91 Å². The van der Waals surface area contributed by atoms with Crippen molar-refractivity contribution in [3.05, 3.63) is 28.9 Å². The normalized spacial score (nSPS) is 9.60. The van der Waals surface area contributed by atoms with Crippen LogP contribution in [0, 0.1) is 0 Å². The number of carbonyl (C=O) groups excluding carboxylic acids is 1. The van der Waals surface area contributed by atoms with Gasteiger partial charge < -0.3 is 10.4 Å². The molecule has 0 unspecified atom stereocenters. The summed E-state index contributed by atoms with van der Waals surface area (Å²) in [5, 5.41) is 10.4. The van der Waals surface area contributed by atoms with Crippen LogP contribution < -0.4 is 11.0 Å². The number of carboxylic acid groups (broad SMARTS) is 1. The summed E-state index contributed by atoms with van der Waals surface area (Å²) < 4.78 is 1.08. The number of nitrogens with zero attached hydrogens (tertiary/aromatic N) is 2. The maximum absolute atomic E-state index is 11.1. The summed E-state index contributed by atoms with van der Waals surface area (Å²) in [5.74, 6) is -1.69. The van der Waals surface area contributed by atoms with Crippen LogP contribution in [0.1, 0.15) is 0 Å². The highest BCUT2D eigenvalue weighted by molar-refractivity contribution is 5.80. The molecule has 0 spiro atoms. The van der Waals surface area contributed by atoms with Crippen molar-refractivity contribution in [2.45, 2.75) is 6.54 Å². The number of hydrogen-bond donors (Lipinski definition) is 2. The summed E-state index contributed by atoms with van der Waals surface area (Å²) in [6, 6.07) is 1.51.